The maximum absolute atomic E-state index is 13.9. The number of benzene rings is 1. The Balaban J connectivity index is 1.81. The van der Waals surface area contributed by atoms with Crippen LogP contribution in [0.2, 0.25) is 0 Å². The summed E-state index contributed by atoms with van der Waals surface area (Å²) in [5, 5.41) is 6.64. The highest BCUT2D eigenvalue weighted by atomic mass is 19.1. The van der Waals surface area contributed by atoms with E-state index in [2.05, 4.69) is 27.6 Å². The number of likely N-dealkylation sites (N-methyl/N-ethyl adjacent to an activating group) is 1. The number of ether oxygens (including phenoxy) is 1. The molecule has 0 aromatic heterocycles. The van der Waals surface area contributed by atoms with Crippen molar-refractivity contribution in [3.05, 3.63) is 29.6 Å². The highest BCUT2D eigenvalue weighted by molar-refractivity contribution is 5.80. The Kier molecular flexibility index (Phi) is 7.50. The van der Waals surface area contributed by atoms with E-state index in [1.807, 2.05) is 13.0 Å². The minimum absolute atomic E-state index is 0.0563. The number of hydrogen-bond acceptors (Lipinski definition) is 3. The van der Waals surface area contributed by atoms with Gasteiger partial charge in [-0.1, -0.05) is 18.9 Å². The lowest BCUT2D eigenvalue weighted by molar-refractivity contribution is 0.249. The van der Waals surface area contributed by atoms with Gasteiger partial charge in [-0.25, -0.2) is 4.39 Å². The molecule has 0 heterocycles. The summed E-state index contributed by atoms with van der Waals surface area (Å²) < 4.78 is 18.8. The first-order valence-electron chi connectivity index (χ1n) is 9.06. The monoisotopic (exact) mass is 350 g/mol. The maximum atomic E-state index is 13.9. The fourth-order valence-electron chi connectivity index (χ4n) is 3.31. The predicted octanol–water partition coefficient (Wildman–Crippen LogP) is 2.93. The molecule has 140 valence electrons. The molecule has 2 rings (SSSR count). The van der Waals surface area contributed by atoms with Crippen LogP contribution in [0.25, 0.3) is 0 Å². The van der Waals surface area contributed by atoms with Crippen molar-refractivity contribution in [2.45, 2.75) is 44.7 Å². The number of guanidine groups is 1. The summed E-state index contributed by atoms with van der Waals surface area (Å²) in [7, 11) is 5.40. The molecule has 1 saturated carbocycles. The van der Waals surface area contributed by atoms with E-state index in [1.165, 1.54) is 38.9 Å². The summed E-state index contributed by atoms with van der Waals surface area (Å²) in [4.78, 5) is 6.69. The molecule has 0 bridgehead atoms. The van der Waals surface area contributed by atoms with Gasteiger partial charge in [0.1, 0.15) is 0 Å². The van der Waals surface area contributed by atoms with E-state index >= 15 is 0 Å². The average molecular weight is 350 g/mol. The third-order valence-electron chi connectivity index (χ3n) is 4.96. The van der Waals surface area contributed by atoms with Gasteiger partial charge in [0.25, 0.3) is 0 Å². The zero-order valence-electron chi connectivity index (χ0n) is 15.8. The van der Waals surface area contributed by atoms with Gasteiger partial charge in [-0.15, -0.1) is 0 Å². The van der Waals surface area contributed by atoms with Crippen LogP contribution >= 0.6 is 0 Å². The number of hydrogen-bond donors (Lipinski definition) is 2. The van der Waals surface area contributed by atoms with Crippen LogP contribution in [0.4, 0.5) is 4.39 Å². The van der Waals surface area contributed by atoms with E-state index in [4.69, 9.17) is 4.74 Å². The second kappa shape index (κ2) is 9.61. The van der Waals surface area contributed by atoms with Crippen molar-refractivity contribution in [3.8, 4) is 5.75 Å². The van der Waals surface area contributed by atoms with Crippen LogP contribution in [-0.4, -0.2) is 51.2 Å². The normalized spacial score (nSPS) is 17.0. The standard InChI is InChI=1S/C19H31FN4O/c1-14(15-9-10-18(25-4)17(20)13-15)23-19(21-2)22-11-12-24(3)16-7-5-6-8-16/h9-10,13-14,16H,5-8,11-12H2,1-4H3,(H2,21,22,23). The summed E-state index contributed by atoms with van der Waals surface area (Å²) in [5.74, 6) is 0.631. The van der Waals surface area contributed by atoms with Gasteiger partial charge in [-0.05, 0) is 44.5 Å². The van der Waals surface area contributed by atoms with Crippen LogP contribution in [0, 0.1) is 5.82 Å². The predicted molar refractivity (Wildman–Crippen MR) is 101 cm³/mol. The number of halogens is 1. The Labute approximate surface area is 150 Å². The largest absolute Gasteiger partial charge is 0.494 e. The molecule has 1 atom stereocenters. The van der Waals surface area contributed by atoms with Crippen molar-refractivity contribution < 1.29 is 9.13 Å². The lowest BCUT2D eigenvalue weighted by atomic mass is 10.1. The minimum Gasteiger partial charge on any atom is -0.494 e. The Hall–Kier alpha value is -1.82. The van der Waals surface area contributed by atoms with E-state index < -0.39 is 0 Å². The molecule has 1 aliphatic rings. The highest BCUT2D eigenvalue weighted by Gasteiger charge is 2.19. The smallest absolute Gasteiger partial charge is 0.191 e. The molecule has 1 aromatic rings. The molecule has 0 saturated heterocycles. The van der Waals surface area contributed by atoms with Gasteiger partial charge in [0.2, 0.25) is 0 Å². The summed E-state index contributed by atoms with van der Waals surface area (Å²) in [6.07, 6.45) is 5.32. The van der Waals surface area contributed by atoms with E-state index in [0.717, 1.165) is 30.7 Å². The van der Waals surface area contributed by atoms with Crippen molar-refractivity contribution in [2.24, 2.45) is 4.99 Å². The topological polar surface area (TPSA) is 48.9 Å². The minimum atomic E-state index is -0.352. The van der Waals surface area contributed by atoms with E-state index in [9.17, 15) is 4.39 Å². The molecule has 0 radical (unpaired) electrons. The molecule has 1 fully saturated rings. The van der Waals surface area contributed by atoms with Crippen LogP contribution in [-0.2, 0) is 0 Å². The van der Waals surface area contributed by atoms with Crippen LogP contribution in [0.3, 0.4) is 0 Å². The third kappa shape index (κ3) is 5.59. The molecule has 0 spiro atoms. The molecule has 0 amide bonds. The van der Waals surface area contributed by atoms with E-state index in [-0.39, 0.29) is 17.6 Å². The van der Waals surface area contributed by atoms with E-state index in [0.29, 0.717) is 0 Å². The molecule has 0 aliphatic heterocycles. The molecule has 25 heavy (non-hydrogen) atoms. The molecule has 1 unspecified atom stereocenters. The van der Waals surface area contributed by atoms with Crippen LogP contribution in [0.5, 0.6) is 5.75 Å². The molecule has 1 aliphatic carbocycles. The van der Waals surface area contributed by atoms with Crippen LogP contribution in [0.1, 0.15) is 44.2 Å². The van der Waals surface area contributed by atoms with Gasteiger partial charge in [-0.3, -0.25) is 4.99 Å². The second-order valence-electron chi connectivity index (χ2n) is 6.68. The van der Waals surface area contributed by atoms with Gasteiger partial charge < -0.3 is 20.3 Å². The zero-order valence-corrected chi connectivity index (χ0v) is 15.8. The van der Waals surface area contributed by atoms with Crippen LogP contribution < -0.4 is 15.4 Å². The molecular weight excluding hydrogens is 319 g/mol. The highest BCUT2D eigenvalue weighted by Crippen LogP contribution is 2.22. The number of aliphatic imine (C=N–C) groups is 1. The van der Waals surface area contributed by atoms with Crippen molar-refractivity contribution >= 4 is 5.96 Å². The first-order chi connectivity index (χ1) is 12.0. The Morgan fingerprint density at radius 3 is 2.72 bits per heavy atom. The maximum Gasteiger partial charge on any atom is 0.191 e. The van der Waals surface area contributed by atoms with Gasteiger partial charge in [0, 0.05) is 26.2 Å². The zero-order chi connectivity index (χ0) is 18.2. The summed E-state index contributed by atoms with van der Waals surface area (Å²) >= 11 is 0. The Bertz CT molecular complexity index is 573. The van der Waals surface area contributed by atoms with E-state index in [1.54, 1.807) is 13.1 Å². The third-order valence-corrected chi connectivity index (χ3v) is 4.96. The fraction of sp³-hybridized carbons (Fsp3) is 0.632. The van der Waals surface area contributed by atoms with Gasteiger partial charge in [-0.2, -0.15) is 0 Å². The number of rotatable bonds is 7. The lowest BCUT2D eigenvalue weighted by Gasteiger charge is -2.25. The number of nitrogens with zero attached hydrogens (tertiary/aromatic N) is 2. The fourth-order valence-corrected chi connectivity index (χ4v) is 3.31. The Morgan fingerprint density at radius 2 is 2.12 bits per heavy atom. The molecule has 2 N–H and O–H groups in total. The quantitative estimate of drug-likeness (QED) is 0.586. The van der Waals surface area contributed by atoms with Crippen molar-refractivity contribution in [3.63, 3.8) is 0 Å². The first kappa shape index (κ1) is 19.5. The number of methoxy groups -OCH3 is 1. The second-order valence-corrected chi connectivity index (χ2v) is 6.68. The van der Waals surface area contributed by atoms with Gasteiger partial charge in [0.05, 0.1) is 13.2 Å². The SMILES string of the molecule is CN=C(NCCN(C)C1CCCC1)NC(C)c1ccc(OC)c(F)c1. The average Bonchev–Trinajstić information content (AvgIpc) is 3.15. The van der Waals surface area contributed by atoms with Crippen molar-refractivity contribution in [2.75, 3.05) is 34.3 Å². The van der Waals surface area contributed by atoms with Gasteiger partial charge in [0.15, 0.2) is 17.5 Å². The van der Waals surface area contributed by atoms with Gasteiger partial charge >= 0.3 is 0 Å². The summed E-state index contributed by atoms with van der Waals surface area (Å²) in [6.45, 7) is 3.80. The van der Waals surface area contributed by atoms with Crippen LogP contribution in [0.15, 0.2) is 23.2 Å². The summed E-state index contributed by atoms with van der Waals surface area (Å²) in [5.41, 5.74) is 0.851. The molecule has 5 nitrogen and oxygen atoms in total. The van der Waals surface area contributed by atoms with Crippen molar-refractivity contribution in [1.82, 2.24) is 15.5 Å². The Morgan fingerprint density at radius 1 is 1.40 bits per heavy atom. The number of nitrogens with one attached hydrogen (secondary N) is 2. The molecular formula is C19H31FN4O. The van der Waals surface area contributed by atoms with Crippen molar-refractivity contribution in [1.29, 1.82) is 0 Å². The molecule has 6 heteroatoms. The lowest BCUT2D eigenvalue weighted by Crippen LogP contribution is -2.43. The summed E-state index contributed by atoms with van der Waals surface area (Å²) in [6, 6.07) is 5.67. The molecule has 1 aromatic carbocycles. The first-order valence-corrected chi connectivity index (χ1v) is 9.06.